The summed E-state index contributed by atoms with van der Waals surface area (Å²) in [5, 5.41) is 18.4. The van der Waals surface area contributed by atoms with Gasteiger partial charge in [-0.15, -0.1) is 10.2 Å². The molecule has 1 aromatic heterocycles. The van der Waals surface area contributed by atoms with Crippen molar-refractivity contribution in [2.75, 3.05) is 24.2 Å². The number of nitrogens with zero attached hydrogens (tertiary/aromatic N) is 6. The lowest BCUT2D eigenvalue weighted by molar-refractivity contribution is -0.138. The molecule has 2 aromatic carbocycles. The average Bonchev–Trinajstić information content (AvgIpc) is 3.50. The summed E-state index contributed by atoms with van der Waals surface area (Å²) in [6, 6.07) is 9.50. The molecular formula is C32H35F3N6O5S. The molecule has 3 fully saturated rings. The molecule has 11 nitrogen and oxygen atoms in total. The van der Waals surface area contributed by atoms with Crippen molar-refractivity contribution in [1.29, 1.82) is 0 Å². The smallest absolute Gasteiger partial charge is 0.416 e. The van der Waals surface area contributed by atoms with Gasteiger partial charge in [-0.05, 0) is 80.0 Å². The zero-order valence-corrected chi connectivity index (χ0v) is 27.0. The van der Waals surface area contributed by atoms with Crippen LogP contribution in [0.1, 0.15) is 77.5 Å². The first-order chi connectivity index (χ1) is 21.9. The van der Waals surface area contributed by atoms with Crippen LogP contribution in [-0.2, 0) is 41.8 Å². The number of halogens is 3. The average molecular weight is 673 g/mol. The van der Waals surface area contributed by atoms with Crippen LogP contribution in [0, 0.1) is 5.41 Å². The summed E-state index contributed by atoms with van der Waals surface area (Å²) in [5.74, 6) is 0.0862. The largest absolute Gasteiger partial charge is 0.465 e. The predicted octanol–water partition coefficient (Wildman–Crippen LogP) is 4.76. The van der Waals surface area contributed by atoms with Crippen LogP contribution in [0.3, 0.4) is 0 Å². The Hall–Kier alpha value is -3.98. The van der Waals surface area contributed by atoms with E-state index in [1.807, 2.05) is 17.7 Å². The van der Waals surface area contributed by atoms with E-state index in [4.69, 9.17) is 0 Å². The summed E-state index contributed by atoms with van der Waals surface area (Å²) in [5.41, 5.74) is -1.38. The molecule has 4 aliphatic rings. The first-order valence-corrected chi connectivity index (χ1v) is 17.3. The van der Waals surface area contributed by atoms with Gasteiger partial charge in [0.2, 0.25) is 10.0 Å². The molecule has 3 heterocycles. The van der Waals surface area contributed by atoms with Crippen LogP contribution in [-0.4, -0.2) is 74.4 Å². The first-order valence-electron chi connectivity index (χ1n) is 15.4. The van der Waals surface area contributed by atoms with Crippen LogP contribution < -0.4 is 4.90 Å². The molecule has 250 valence electrons. The maximum atomic E-state index is 14.5. The van der Waals surface area contributed by atoms with E-state index in [0.29, 0.717) is 50.3 Å². The van der Waals surface area contributed by atoms with Crippen molar-refractivity contribution in [3.63, 3.8) is 0 Å². The standard InChI is InChI=1S/C32H35F3N6O5S/c1-29(8-5-9-29)41(28(43)44)13-20-10-23-24(25(11-20)32(33,34)35)14-40(26(23)42)22-7-4-6-21(12-22)31(27-37-36-19-38(27)2)15-30(16-31)17-39(18-30)47(3,45)46/h4,6-7,10-12,19H,5,8-9,13-18H2,1-3H3,(H,43,44). The van der Waals surface area contributed by atoms with Crippen molar-refractivity contribution in [3.05, 3.63) is 76.4 Å². The van der Waals surface area contributed by atoms with Crippen LogP contribution in [0.5, 0.6) is 0 Å². The van der Waals surface area contributed by atoms with E-state index in [2.05, 4.69) is 10.2 Å². The van der Waals surface area contributed by atoms with Crippen molar-refractivity contribution < 1.29 is 36.3 Å². The summed E-state index contributed by atoms with van der Waals surface area (Å²) in [4.78, 5) is 28.5. The number of amides is 2. The lowest BCUT2D eigenvalue weighted by Crippen LogP contribution is -2.68. The van der Waals surface area contributed by atoms with Gasteiger partial charge in [-0.2, -0.15) is 13.2 Å². The molecule has 15 heteroatoms. The summed E-state index contributed by atoms with van der Waals surface area (Å²) in [6.07, 6.45) is 0.0576. The minimum Gasteiger partial charge on any atom is -0.465 e. The fourth-order valence-corrected chi connectivity index (χ4v) is 9.24. The zero-order valence-electron chi connectivity index (χ0n) is 26.2. The number of rotatable bonds is 7. The molecule has 0 unspecified atom stereocenters. The highest BCUT2D eigenvalue weighted by atomic mass is 32.2. The molecule has 2 saturated carbocycles. The minimum atomic E-state index is -4.76. The van der Waals surface area contributed by atoms with Crippen LogP contribution >= 0.6 is 0 Å². The molecule has 0 radical (unpaired) electrons. The van der Waals surface area contributed by atoms with E-state index in [1.165, 1.54) is 26.4 Å². The summed E-state index contributed by atoms with van der Waals surface area (Å²) in [6.45, 7) is 2.02. The van der Waals surface area contributed by atoms with Gasteiger partial charge in [0, 0.05) is 48.9 Å². The van der Waals surface area contributed by atoms with Crippen molar-refractivity contribution in [3.8, 4) is 0 Å². The lowest BCUT2D eigenvalue weighted by atomic mass is 9.47. The number of hydrogen-bond acceptors (Lipinski definition) is 6. The van der Waals surface area contributed by atoms with Crippen LogP contribution in [0.25, 0.3) is 0 Å². The predicted molar refractivity (Wildman–Crippen MR) is 164 cm³/mol. The van der Waals surface area contributed by atoms with Crippen molar-refractivity contribution in [1.82, 2.24) is 24.0 Å². The highest BCUT2D eigenvalue weighted by molar-refractivity contribution is 7.88. The Balaban J connectivity index is 1.22. The third-order valence-corrected chi connectivity index (χ3v) is 12.0. The first kappa shape index (κ1) is 31.6. The van der Waals surface area contributed by atoms with E-state index < -0.39 is 44.7 Å². The molecule has 7 rings (SSSR count). The molecule has 3 aromatic rings. The number of carbonyl (C=O) groups excluding carboxylic acids is 1. The number of sulfonamides is 1. The van der Waals surface area contributed by atoms with Crippen LogP contribution in [0.4, 0.5) is 23.7 Å². The van der Waals surface area contributed by atoms with Gasteiger partial charge in [0.25, 0.3) is 5.91 Å². The number of carbonyl (C=O) groups is 2. The van der Waals surface area contributed by atoms with E-state index in [1.54, 1.807) is 31.5 Å². The fourth-order valence-electron chi connectivity index (χ4n) is 8.22. The Morgan fingerprint density at radius 1 is 1.13 bits per heavy atom. The van der Waals surface area contributed by atoms with Crippen LogP contribution in [0.15, 0.2) is 42.7 Å². The normalized spacial score (nSPS) is 21.1. The quantitative estimate of drug-likeness (QED) is 0.383. The number of carboxylic acid groups (broad SMARTS) is 1. The van der Waals surface area contributed by atoms with Gasteiger partial charge in [-0.1, -0.05) is 12.1 Å². The maximum absolute atomic E-state index is 14.5. The van der Waals surface area contributed by atoms with Gasteiger partial charge in [0.05, 0.1) is 23.8 Å². The summed E-state index contributed by atoms with van der Waals surface area (Å²) < 4.78 is 70.8. The second-order valence-corrected chi connectivity index (χ2v) is 16.0. The third kappa shape index (κ3) is 5.00. The molecule has 1 saturated heterocycles. The second-order valence-electron chi connectivity index (χ2n) is 14.1. The molecule has 47 heavy (non-hydrogen) atoms. The highest BCUT2D eigenvalue weighted by Gasteiger charge is 2.64. The van der Waals surface area contributed by atoms with Gasteiger partial charge < -0.3 is 14.6 Å². The Bertz CT molecular complexity index is 1910. The summed E-state index contributed by atoms with van der Waals surface area (Å²) in [7, 11) is -1.49. The number of fused-ring (bicyclic) bond motifs is 1. The molecule has 2 aliphatic carbocycles. The maximum Gasteiger partial charge on any atom is 0.416 e. The highest BCUT2D eigenvalue weighted by Crippen LogP contribution is 2.62. The second kappa shape index (κ2) is 10.3. The molecule has 1 spiro atoms. The number of anilines is 1. The number of benzene rings is 2. The number of aryl methyl sites for hydroxylation is 1. The topological polar surface area (TPSA) is 129 Å². The van der Waals surface area contributed by atoms with E-state index in [-0.39, 0.29) is 35.2 Å². The Labute approximate surface area is 270 Å². The van der Waals surface area contributed by atoms with Gasteiger partial charge in [-0.25, -0.2) is 17.5 Å². The molecule has 2 amide bonds. The van der Waals surface area contributed by atoms with E-state index in [0.717, 1.165) is 18.1 Å². The van der Waals surface area contributed by atoms with Gasteiger partial charge in [-0.3, -0.25) is 9.69 Å². The summed E-state index contributed by atoms with van der Waals surface area (Å²) >= 11 is 0. The molecule has 0 atom stereocenters. The monoisotopic (exact) mass is 672 g/mol. The lowest BCUT2D eigenvalue weighted by Gasteiger charge is -2.63. The Morgan fingerprint density at radius 2 is 1.83 bits per heavy atom. The number of aromatic nitrogens is 3. The van der Waals surface area contributed by atoms with Gasteiger partial charge >= 0.3 is 12.3 Å². The van der Waals surface area contributed by atoms with Gasteiger partial charge in [0.15, 0.2) is 0 Å². The Kier molecular flexibility index (Phi) is 6.90. The number of alkyl halides is 3. The van der Waals surface area contributed by atoms with Gasteiger partial charge in [0.1, 0.15) is 12.2 Å². The SMILES string of the molecule is Cn1cnnc1C1(c2cccc(N3Cc4c(cc(CN(C(=O)O)C5(C)CCC5)cc4C(F)(F)F)C3=O)c2)CC2(CN(S(C)(=O)=O)C2)C1. The van der Waals surface area contributed by atoms with Crippen molar-refractivity contribution in [2.24, 2.45) is 12.5 Å². The molecular weight excluding hydrogens is 637 g/mol. The number of hydrogen-bond donors (Lipinski definition) is 1. The van der Waals surface area contributed by atoms with Crippen LogP contribution in [0.2, 0.25) is 0 Å². The Morgan fingerprint density at radius 3 is 2.38 bits per heavy atom. The fraction of sp³-hybridized carbons (Fsp3) is 0.500. The zero-order chi connectivity index (χ0) is 33.7. The molecule has 2 aliphatic heterocycles. The molecule has 1 N–H and O–H groups in total. The van der Waals surface area contributed by atoms with E-state index in [9.17, 15) is 36.3 Å². The van der Waals surface area contributed by atoms with Crippen molar-refractivity contribution >= 4 is 27.7 Å². The molecule has 0 bridgehead atoms. The van der Waals surface area contributed by atoms with E-state index >= 15 is 0 Å². The third-order valence-electron chi connectivity index (χ3n) is 10.8. The minimum absolute atomic E-state index is 0.0923. The van der Waals surface area contributed by atoms with Crippen molar-refractivity contribution in [2.45, 2.75) is 69.2 Å².